The van der Waals surface area contributed by atoms with Crippen molar-refractivity contribution >= 4 is 17.8 Å². The fraction of sp³-hybridized carbons (Fsp3) is 0.500. The molecule has 2 atom stereocenters. The number of H-pyrrole nitrogens is 1. The minimum absolute atomic E-state index is 0.0927. The summed E-state index contributed by atoms with van der Waals surface area (Å²) < 4.78 is 0. The molecule has 0 bridgehead atoms. The third-order valence-electron chi connectivity index (χ3n) is 5.98. The molecule has 8 nitrogen and oxygen atoms in total. The number of nitrogens with one attached hydrogen (secondary N) is 1. The van der Waals surface area contributed by atoms with Gasteiger partial charge in [-0.3, -0.25) is 14.4 Å². The number of hydrogen-bond acceptors (Lipinski definition) is 4. The van der Waals surface area contributed by atoms with E-state index in [1.807, 2.05) is 51.1 Å². The zero-order chi connectivity index (χ0) is 23.3. The lowest BCUT2D eigenvalue weighted by atomic mass is 9.92. The van der Waals surface area contributed by atoms with E-state index in [9.17, 15) is 19.5 Å². The van der Waals surface area contributed by atoms with E-state index in [0.29, 0.717) is 32.5 Å². The summed E-state index contributed by atoms with van der Waals surface area (Å²) >= 11 is 0. The summed E-state index contributed by atoms with van der Waals surface area (Å²) in [6, 6.07) is 8.93. The topological polar surface area (TPSA) is 107 Å². The Kier molecular flexibility index (Phi) is 7.66. The van der Waals surface area contributed by atoms with Crippen LogP contribution >= 0.6 is 0 Å². The maximum Gasteiger partial charge on any atom is 0.307 e. The average Bonchev–Trinajstić information content (AvgIpc) is 3.15. The number of aromatic nitrogens is 2. The fourth-order valence-corrected chi connectivity index (χ4v) is 4.22. The van der Waals surface area contributed by atoms with Crippen LogP contribution in [0.2, 0.25) is 0 Å². The molecule has 2 heterocycles. The Morgan fingerprint density at radius 3 is 2.53 bits per heavy atom. The second-order valence-corrected chi connectivity index (χ2v) is 8.90. The van der Waals surface area contributed by atoms with Crippen molar-refractivity contribution in [3.8, 4) is 0 Å². The third-order valence-corrected chi connectivity index (χ3v) is 5.98. The third kappa shape index (κ3) is 5.75. The molecule has 1 aromatic heterocycles. The predicted octanol–water partition coefficient (Wildman–Crippen LogP) is 2.64. The first-order valence-corrected chi connectivity index (χ1v) is 11.1. The van der Waals surface area contributed by atoms with Crippen molar-refractivity contribution in [3.05, 3.63) is 53.6 Å². The molecule has 0 unspecified atom stereocenters. The smallest absolute Gasteiger partial charge is 0.307 e. The van der Waals surface area contributed by atoms with Crippen LogP contribution in [-0.4, -0.2) is 61.8 Å². The molecule has 1 aromatic carbocycles. The van der Waals surface area contributed by atoms with Gasteiger partial charge in [0.15, 0.2) is 0 Å². The Hall–Kier alpha value is -3.16. The molecule has 3 rings (SSSR count). The zero-order valence-electron chi connectivity index (χ0n) is 19.0. The number of carboxylic acids is 1. The van der Waals surface area contributed by atoms with Crippen molar-refractivity contribution in [2.45, 2.75) is 52.6 Å². The number of carbonyl (C=O) groups excluding carboxylic acids is 2. The summed E-state index contributed by atoms with van der Waals surface area (Å²) in [6.45, 7) is 6.95. The van der Waals surface area contributed by atoms with E-state index in [2.05, 4.69) is 9.97 Å². The lowest BCUT2D eigenvalue weighted by molar-refractivity contribution is -0.154. The predicted molar refractivity (Wildman–Crippen MR) is 120 cm³/mol. The van der Waals surface area contributed by atoms with Crippen LogP contribution in [0.4, 0.5) is 0 Å². The quantitative estimate of drug-likeness (QED) is 0.623. The summed E-state index contributed by atoms with van der Waals surface area (Å²) in [5.41, 5.74) is 2.67. The van der Waals surface area contributed by atoms with Gasteiger partial charge < -0.3 is 19.9 Å². The van der Waals surface area contributed by atoms with E-state index in [-0.39, 0.29) is 24.2 Å². The largest absolute Gasteiger partial charge is 0.481 e. The van der Waals surface area contributed by atoms with Crippen LogP contribution < -0.4 is 0 Å². The van der Waals surface area contributed by atoms with Crippen LogP contribution in [0.15, 0.2) is 36.7 Å². The Morgan fingerprint density at radius 2 is 1.94 bits per heavy atom. The number of imidazole rings is 1. The van der Waals surface area contributed by atoms with Gasteiger partial charge in [0.2, 0.25) is 11.8 Å². The highest BCUT2D eigenvalue weighted by molar-refractivity contribution is 5.90. The van der Waals surface area contributed by atoms with Gasteiger partial charge in [-0.25, -0.2) is 4.98 Å². The first-order valence-electron chi connectivity index (χ1n) is 11.1. The van der Waals surface area contributed by atoms with E-state index in [1.165, 1.54) is 0 Å². The molecule has 0 aliphatic carbocycles. The van der Waals surface area contributed by atoms with Crippen LogP contribution in [0.1, 0.15) is 43.6 Å². The lowest BCUT2D eigenvalue weighted by Crippen LogP contribution is -2.59. The lowest BCUT2D eigenvalue weighted by Gasteiger charge is -2.41. The fourth-order valence-electron chi connectivity index (χ4n) is 4.22. The summed E-state index contributed by atoms with van der Waals surface area (Å²) in [5.74, 6) is -1.96. The summed E-state index contributed by atoms with van der Waals surface area (Å²) in [7, 11) is 0. The van der Waals surface area contributed by atoms with Crippen LogP contribution in [0, 0.1) is 18.8 Å². The first-order chi connectivity index (χ1) is 15.3. The number of rotatable bonds is 9. The molecule has 1 aliphatic heterocycles. The van der Waals surface area contributed by atoms with Crippen molar-refractivity contribution in [2.75, 3.05) is 13.1 Å². The van der Waals surface area contributed by atoms with E-state index in [4.69, 9.17) is 0 Å². The normalized spacial score (nSPS) is 17.6. The highest BCUT2D eigenvalue weighted by atomic mass is 16.4. The van der Waals surface area contributed by atoms with Crippen molar-refractivity contribution in [1.29, 1.82) is 0 Å². The molecular formula is C24H32N4O4. The van der Waals surface area contributed by atoms with Crippen molar-refractivity contribution in [2.24, 2.45) is 11.8 Å². The van der Waals surface area contributed by atoms with Gasteiger partial charge in [-0.05, 0) is 24.8 Å². The van der Waals surface area contributed by atoms with Crippen LogP contribution in [0.5, 0.6) is 0 Å². The Morgan fingerprint density at radius 1 is 1.22 bits per heavy atom. The van der Waals surface area contributed by atoms with Crippen molar-refractivity contribution in [1.82, 2.24) is 19.8 Å². The Labute approximate surface area is 188 Å². The molecule has 1 fully saturated rings. The van der Waals surface area contributed by atoms with Gasteiger partial charge in [-0.2, -0.15) is 0 Å². The minimum Gasteiger partial charge on any atom is -0.481 e. The Balaban J connectivity index is 1.80. The van der Waals surface area contributed by atoms with Crippen molar-refractivity contribution < 1.29 is 19.5 Å². The SMILES string of the molecule is Cc1[nH]cnc1CN1CCN(C(=O)C[C@@H](CC(C)C)C(=O)O)[C@@H](Cc2ccccc2)C1=O. The van der Waals surface area contributed by atoms with Gasteiger partial charge in [-0.15, -0.1) is 0 Å². The van der Waals surface area contributed by atoms with Gasteiger partial charge in [0, 0.05) is 31.6 Å². The molecule has 0 radical (unpaired) electrons. The number of aromatic amines is 1. The molecule has 2 amide bonds. The van der Waals surface area contributed by atoms with Gasteiger partial charge in [0.1, 0.15) is 6.04 Å². The number of aryl methyl sites for hydroxylation is 1. The molecule has 2 N–H and O–H groups in total. The molecular weight excluding hydrogens is 408 g/mol. The first kappa shape index (κ1) is 23.5. The number of carboxylic acid groups (broad SMARTS) is 1. The molecule has 0 spiro atoms. The molecule has 1 saturated heterocycles. The molecule has 8 heteroatoms. The van der Waals surface area contributed by atoms with Crippen LogP contribution in [0.3, 0.4) is 0 Å². The standard InChI is InChI=1S/C24H32N4O4/c1-16(2)11-19(24(31)32)13-22(29)28-10-9-27(14-20-17(3)25-15-26-20)23(30)21(28)12-18-7-5-4-6-8-18/h4-8,15-16,19,21H,9-14H2,1-3H3,(H,25,26)(H,31,32)/t19-,21+/m1/s1. The molecule has 172 valence electrons. The number of piperazine rings is 1. The minimum atomic E-state index is -0.967. The van der Waals surface area contributed by atoms with Gasteiger partial charge in [0.05, 0.1) is 24.5 Å². The molecule has 1 aliphatic rings. The monoisotopic (exact) mass is 440 g/mol. The maximum atomic E-state index is 13.5. The van der Waals surface area contributed by atoms with Gasteiger partial charge in [0.25, 0.3) is 0 Å². The number of amides is 2. The summed E-state index contributed by atoms with van der Waals surface area (Å²) in [4.78, 5) is 49.0. The second kappa shape index (κ2) is 10.4. The van der Waals surface area contributed by atoms with Crippen LogP contribution in [0.25, 0.3) is 0 Å². The van der Waals surface area contributed by atoms with Crippen molar-refractivity contribution in [3.63, 3.8) is 0 Å². The van der Waals surface area contributed by atoms with E-state index in [1.54, 1.807) is 16.1 Å². The second-order valence-electron chi connectivity index (χ2n) is 8.90. The Bertz CT molecular complexity index is 940. The highest BCUT2D eigenvalue weighted by Crippen LogP contribution is 2.23. The average molecular weight is 441 g/mol. The van der Waals surface area contributed by atoms with Crippen LogP contribution in [-0.2, 0) is 27.3 Å². The molecule has 0 saturated carbocycles. The summed E-state index contributed by atoms with van der Waals surface area (Å²) in [5, 5.41) is 9.58. The summed E-state index contributed by atoms with van der Waals surface area (Å²) in [6.07, 6.45) is 2.34. The number of carbonyl (C=O) groups is 3. The number of nitrogens with zero attached hydrogens (tertiary/aromatic N) is 3. The number of benzene rings is 1. The van der Waals surface area contributed by atoms with E-state index in [0.717, 1.165) is 17.0 Å². The molecule has 32 heavy (non-hydrogen) atoms. The van der Waals surface area contributed by atoms with E-state index >= 15 is 0 Å². The van der Waals surface area contributed by atoms with Gasteiger partial charge >= 0.3 is 5.97 Å². The highest BCUT2D eigenvalue weighted by Gasteiger charge is 2.38. The van der Waals surface area contributed by atoms with E-state index < -0.39 is 17.9 Å². The maximum absolute atomic E-state index is 13.5. The number of aliphatic carboxylic acids is 1. The molecule has 2 aromatic rings. The van der Waals surface area contributed by atoms with Gasteiger partial charge in [-0.1, -0.05) is 44.2 Å². The zero-order valence-corrected chi connectivity index (χ0v) is 19.0. The number of hydrogen-bond donors (Lipinski definition) is 2.